The van der Waals surface area contributed by atoms with Gasteiger partial charge in [-0.3, -0.25) is 4.79 Å². The third kappa shape index (κ3) is 3.15. The molecule has 0 saturated carbocycles. The van der Waals surface area contributed by atoms with Gasteiger partial charge in [0.15, 0.2) is 5.76 Å². The third-order valence-corrected chi connectivity index (χ3v) is 4.37. The Labute approximate surface area is 145 Å². The summed E-state index contributed by atoms with van der Waals surface area (Å²) in [5.41, 5.74) is 1.91. The van der Waals surface area contributed by atoms with Crippen LogP contribution in [0.3, 0.4) is 0 Å². The number of rotatable bonds is 3. The number of nitrogens with zero attached hydrogens (tertiary/aromatic N) is 3. The zero-order valence-corrected chi connectivity index (χ0v) is 14.0. The van der Waals surface area contributed by atoms with E-state index >= 15 is 0 Å². The van der Waals surface area contributed by atoms with Crippen LogP contribution in [0.25, 0.3) is 0 Å². The highest BCUT2D eigenvalue weighted by atomic mass is 16.5. The third-order valence-electron chi connectivity index (χ3n) is 4.37. The molecule has 6 heteroatoms. The molecule has 4 rings (SSSR count). The number of fused-ring (bicyclic) bond motifs is 1. The van der Waals surface area contributed by atoms with Crippen LogP contribution in [0.5, 0.6) is 5.88 Å². The molecule has 1 aliphatic rings. The van der Waals surface area contributed by atoms with Crippen molar-refractivity contribution < 1.29 is 13.9 Å². The first-order valence-corrected chi connectivity index (χ1v) is 8.26. The lowest BCUT2D eigenvalue weighted by molar-refractivity contribution is 0.0615. The number of ether oxygens (including phenoxy) is 1. The first kappa shape index (κ1) is 15.5. The molecule has 0 radical (unpaired) electrons. The van der Waals surface area contributed by atoms with Gasteiger partial charge in [-0.2, -0.15) is 0 Å². The van der Waals surface area contributed by atoms with Crippen LogP contribution in [-0.2, 0) is 13.1 Å². The standard InChI is InChI=1S/C19H19N3O3/c1-14-7-10-24-18(14)19(23)22-11-15-5-4-9-21(15)12-16(13-22)25-17-6-2-3-8-20-17/h2-10,16H,11-13H2,1H3/t16-/m1/s1. The molecule has 0 spiro atoms. The highest BCUT2D eigenvalue weighted by Crippen LogP contribution is 2.20. The Morgan fingerprint density at radius 1 is 1.24 bits per heavy atom. The van der Waals surface area contributed by atoms with E-state index in [0.717, 1.165) is 11.3 Å². The fourth-order valence-electron chi connectivity index (χ4n) is 3.11. The van der Waals surface area contributed by atoms with Gasteiger partial charge in [0.05, 0.1) is 25.9 Å². The van der Waals surface area contributed by atoms with Crippen molar-refractivity contribution in [2.24, 2.45) is 0 Å². The van der Waals surface area contributed by atoms with Crippen molar-refractivity contribution in [3.63, 3.8) is 0 Å². The average molecular weight is 337 g/mol. The molecule has 0 unspecified atom stereocenters. The number of carbonyl (C=O) groups is 1. The summed E-state index contributed by atoms with van der Waals surface area (Å²) < 4.78 is 13.5. The SMILES string of the molecule is Cc1ccoc1C(=O)N1Cc2cccn2C[C@@H](Oc2ccccn2)C1. The van der Waals surface area contributed by atoms with Gasteiger partial charge in [0.25, 0.3) is 5.91 Å². The highest BCUT2D eigenvalue weighted by molar-refractivity contribution is 5.92. The van der Waals surface area contributed by atoms with Crippen LogP contribution in [0, 0.1) is 6.92 Å². The zero-order chi connectivity index (χ0) is 17.2. The van der Waals surface area contributed by atoms with Crippen molar-refractivity contribution in [3.8, 4) is 5.88 Å². The maximum Gasteiger partial charge on any atom is 0.290 e. The van der Waals surface area contributed by atoms with Crippen molar-refractivity contribution in [1.82, 2.24) is 14.5 Å². The molecule has 1 amide bonds. The van der Waals surface area contributed by atoms with Crippen LogP contribution >= 0.6 is 0 Å². The summed E-state index contributed by atoms with van der Waals surface area (Å²) in [5.74, 6) is 0.827. The predicted molar refractivity (Wildman–Crippen MR) is 91.3 cm³/mol. The van der Waals surface area contributed by atoms with Crippen molar-refractivity contribution in [3.05, 3.63) is 72.1 Å². The minimum atomic E-state index is -0.192. The first-order chi connectivity index (χ1) is 12.2. The summed E-state index contributed by atoms with van der Waals surface area (Å²) in [7, 11) is 0. The second-order valence-electron chi connectivity index (χ2n) is 6.18. The molecule has 6 nitrogen and oxygen atoms in total. The molecule has 1 aliphatic heterocycles. The number of aromatic nitrogens is 2. The van der Waals surface area contributed by atoms with E-state index in [1.807, 2.05) is 43.5 Å². The van der Waals surface area contributed by atoms with Crippen molar-refractivity contribution >= 4 is 5.91 Å². The quantitative estimate of drug-likeness (QED) is 0.737. The van der Waals surface area contributed by atoms with Crippen molar-refractivity contribution in [2.75, 3.05) is 6.54 Å². The molecule has 3 aromatic heterocycles. The van der Waals surface area contributed by atoms with Crippen molar-refractivity contribution in [2.45, 2.75) is 26.1 Å². The summed E-state index contributed by atoms with van der Waals surface area (Å²) in [4.78, 5) is 18.9. The van der Waals surface area contributed by atoms with Gasteiger partial charge in [0.2, 0.25) is 5.88 Å². The molecule has 0 N–H and O–H groups in total. The van der Waals surface area contributed by atoms with Crippen LogP contribution in [0.15, 0.2) is 59.5 Å². The highest BCUT2D eigenvalue weighted by Gasteiger charge is 2.29. The lowest BCUT2D eigenvalue weighted by atomic mass is 10.2. The molecule has 128 valence electrons. The Hall–Kier alpha value is -3.02. The molecule has 0 saturated heterocycles. The van der Waals surface area contributed by atoms with Gasteiger partial charge >= 0.3 is 0 Å². The van der Waals surface area contributed by atoms with Gasteiger partial charge in [-0.1, -0.05) is 6.07 Å². The lowest BCUT2D eigenvalue weighted by Gasteiger charge is -2.24. The Morgan fingerprint density at radius 3 is 2.92 bits per heavy atom. The van der Waals surface area contributed by atoms with Crippen molar-refractivity contribution in [1.29, 1.82) is 0 Å². The van der Waals surface area contributed by atoms with E-state index < -0.39 is 0 Å². The number of amides is 1. The Bertz CT molecular complexity index is 869. The van der Waals surface area contributed by atoms with Gasteiger partial charge in [0, 0.05) is 29.7 Å². The number of carbonyl (C=O) groups excluding carboxylic acids is 1. The fourth-order valence-corrected chi connectivity index (χ4v) is 3.11. The minimum Gasteiger partial charge on any atom is -0.471 e. The molecule has 0 aromatic carbocycles. The molecular weight excluding hydrogens is 318 g/mol. The van der Waals surface area contributed by atoms with E-state index in [4.69, 9.17) is 9.15 Å². The van der Waals surface area contributed by atoms with E-state index in [0.29, 0.717) is 31.3 Å². The number of hydrogen-bond acceptors (Lipinski definition) is 4. The largest absolute Gasteiger partial charge is 0.471 e. The summed E-state index contributed by atoms with van der Waals surface area (Å²) in [6.45, 7) is 3.53. The minimum absolute atomic E-state index is 0.119. The molecule has 3 aromatic rings. The van der Waals surface area contributed by atoms with E-state index in [1.165, 1.54) is 0 Å². The van der Waals surface area contributed by atoms with E-state index in [9.17, 15) is 4.79 Å². The van der Waals surface area contributed by atoms with Gasteiger partial charge in [-0.25, -0.2) is 4.98 Å². The maximum absolute atomic E-state index is 12.9. The van der Waals surface area contributed by atoms with Crippen LogP contribution in [0.1, 0.15) is 21.8 Å². The number of hydrogen-bond donors (Lipinski definition) is 0. The maximum atomic E-state index is 12.9. The summed E-state index contributed by atoms with van der Waals surface area (Å²) in [6, 6.07) is 11.4. The van der Waals surface area contributed by atoms with Gasteiger partial charge in [-0.05, 0) is 31.2 Å². The number of pyridine rings is 1. The van der Waals surface area contributed by atoms with Gasteiger partial charge < -0.3 is 18.6 Å². The average Bonchev–Trinajstić information content (AvgIpc) is 3.20. The summed E-state index contributed by atoms with van der Waals surface area (Å²) in [6.07, 6.45) is 5.06. The van der Waals surface area contributed by atoms with Crippen LogP contribution in [0.2, 0.25) is 0 Å². The monoisotopic (exact) mass is 337 g/mol. The summed E-state index contributed by atoms with van der Waals surface area (Å²) >= 11 is 0. The molecular formula is C19H19N3O3. The molecule has 4 heterocycles. The normalized spacial score (nSPS) is 17.0. The fraction of sp³-hybridized carbons (Fsp3) is 0.263. The predicted octanol–water partition coefficient (Wildman–Crippen LogP) is 2.89. The van der Waals surface area contributed by atoms with Crippen LogP contribution < -0.4 is 4.74 Å². The van der Waals surface area contributed by atoms with E-state index in [-0.39, 0.29) is 12.0 Å². The number of furan rings is 1. The van der Waals surface area contributed by atoms with Crippen LogP contribution in [0.4, 0.5) is 0 Å². The van der Waals surface area contributed by atoms with Gasteiger partial charge in [0.1, 0.15) is 6.10 Å². The second-order valence-corrected chi connectivity index (χ2v) is 6.18. The Morgan fingerprint density at radius 2 is 2.16 bits per heavy atom. The molecule has 1 atom stereocenters. The molecule has 25 heavy (non-hydrogen) atoms. The van der Waals surface area contributed by atoms with E-state index in [1.54, 1.807) is 23.4 Å². The summed E-state index contributed by atoms with van der Waals surface area (Å²) in [5, 5.41) is 0. The second kappa shape index (κ2) is 6.47. The van der Waals surface area contributed by atoms with E-state index in [2.05, 4.69) is 9.55 Å². The molecule has 0 bridgehead atoms. The smallest absolute Gasteiger partial charge is 0.290 e. The van der Waals surface area contributed by atoms with Crippen LogP contribution in [-0.4, -0.2) is 33.0 Å². The molecule has 0 aliphatic carbocycles. The van der Waals surface area contributed by atoms with Gasteiger partial charge in [-0.15, -0.1) is 0 Å². The Kier molecular flexibility index (Phi) is 4.01. The lowest BCUT2D eigenvalue weighted by Crippen LogP contribution is -2.38. The first-order valence-electron chi connectivity index (χ1n) is 8.26. The number of aryl methyl sites for hydroxylation is 1. The zero-order valence-electron chi connectivity index (χ0n) is 14.0. The Balaban J connectivity index is 1.61. The molecule has 0 fully saturated rings. The topological polar surface area (TPSA) is 60.5 Å².